The van der Waals surface area contributed by atoms with E-state index in [-0.39, 0.29) is 4.90 Å². The summed E-state index contributed by atoms with van der Waals surface area (Å²) in [5.41, 5.74) is 1.39. The van der Waals surface area contributed by atoms with Gasteiger partial charge in [-0.15, -0.1) is 0 Å². The van der Waals surface area contributed by atoms with Crippen LogP contribution >= 0.6 is 0 Å². The predicted octanol–water partition coefficient (Wildman–Crippen LogP) is 1.52. The molecule has 1 atom stereocenters. The molecule has 2 aromatic heterocycles. The first-order chi connectivity index (χ1) is 11.5. The number of rotatable bonds is 7. The van der Waals surface area contributed by atoms with Gasteiger partial charge in [0.1, 0.15) is 4.90 Å². The van der Waals surface area contributed by atoms with E-state index in [0.717, 1.165) is 51.1 Å². The van der Waals surface area contributed by atoms with Crippen LogP contribution in [-0.4, -0.2) is 60.0 Å². The number of aromatic nitrogens is 3. The molecule has 7 nitrogen and oxygen atoms in total. The molecule has 3 heterocycles. The average Bonchev–Trinajstić information content (AvgIpc) is 3.15. The van der Waals surface area contributed by atoms with E-state index in [1.807, 2.05) is 6.20 Å². The van der Waals surface area contributed by atoms with Crippen LogP contribution in [0.3, 0.4) is 0 Å². The van der Waals surface area contributed by atoms with Gasteiger partial charge in [-0.05, 0) is 25.8 Å². The third kappa shape index (κ3) is 3.93. The van der Waals surface area contributed by atoms with Crippen molar-refractivity contribution in [2.75, 3.05) is 26.0 Å². The van der Waals surface area contributed by atoms with Crippen molar-refractivity contribution < 1.29 is 13.2 Å². The Balaban J connectivity index is 1.77. The Morgan fingerprint density at radius 2 is 2.25 bits per heavy atom. The topological polar surface area (TPSA) is 76.8 Å². The monoisotopic (exact) mass is 352 g/mol. The highest BCUT2D eigenvalue weighted by Crippen LogP contribution is 2.17. The highest BCUT2D eigenvalue weighted by atomic mass is 32.2. The molecular formula is C16H24N4O3S. The van der Waals surface area contributed by atoms with Gasteiger partial charge < -0.3 is 4.74 Å². The molecule has 0 radical (unpaired) electrons. The van der Waals surface area contributed by atoms with Gasteiger partial charge >= 0.3 is 0 Å². The summed E-state index contributed by atoms with van der Waals surface area (Å²) < 4.78 is 30.7. The van der Waals surface area contributed by atoms with E-state index in [1.54, 1.807) is 10.7 Å². The molecule has 0 unspecified atom stereocenters. The molecule has 0 bridgehead atoms. The van der Waals surface area contributed by atoms with Gasteiger partial charge in [0.05, 0.1) is 12.3 Å². The van der Waals surface area contributed by atoms with Crippen molar-refractivity contribution in [2.24, 2.45) is 0 Å². The maximum Gasteiger partial charge on any atom is 0.180 e. The molecule has 0 aliphatic carbocycles. The Hall–Kier alpha value is -1.51. The number of hydrogen-bond acceptors (Lipinski definition) is 6. The summed E-state index contributed by atoms with van der Waals surface area (Å²) in [5, 5.41) is 4.13. The normalized spacial score (nSPS) is 18.7. The lowest BCUT2D eigenvalue weighted by molar-refractivity contribution is 0.0705. The SMILES string of the molecule is CCCN(Cc1cnc2c(S(C)(=O)=O)cnn2c1)C[C@H]1CCCO1. The van der Waals surface area contributed by atoms with E-state index < -0.39 is 9.84 Å². The molecule has 1 saturated heterocycles. The largest absolute Gasteiger partial charge is 0.377 e. The van der Waals surface area contributed by atoms with E-state index in [0.29, 0.717) is 11.8 Å². The van der Waals surface area contributed by atoms with Gasteiger partial charge in [-0.3, -0.25) is 4.90 Å². The maximum atomic E-state index is 11.7. The molecule has 3 rings (SSSR count). The van der Waals surface area contributed by atoms with Gasteiger partial charge in [-0.2, -0.15) is 5.10 Å². The van der Waals surface area contributed by atoms with Gasteiger partial charge in [-0.1, -0.05) is 6.92 Å². The van der Waals surface area contributed by atoms with Crippen LogP contribution in [0.25, 0.3) is 5.65 Å². The van der Waals surface area contributed by atoms with E-state index in [9.17, 15) is 8.42 Å². The highest BCUT2D eigenvalue weighted by molar-refractivity contribution is 7.90. The van der Waals surface area contributed by atoms with Crippen LogP contribution < -0.4 is 0 Å². The van der Waals surface area contributed by atoms with Gasteiger partial charge in [0, 0.05) is 43.9 Å². The van der Waals surface area contributed by atoms with Crippen LogP contribution in [0.15, 0.2) is 23.5 Å². The Bertz CT molecular complexity index is 797. The summed E-state index contributed by atoms with van der Waals surface area (Å²) in [4.78, 5) is 6.84. The minimum absolute atomic E-state index is 0.166. The first kappa shape index (κ1) is 17.3. The quantitative estimate of drug-likeness (QED) is 0.752. The third-order valence-electron chi connectivity index (χ3n) is 4.21. The van der Waals surface area contributed by atoms with Crippen molar-refractivity contribution in [1.29, 1.82) is 0 Å². The van der Waals surface area contributed by atoms with Crippen LogP contribution in [0.5, 0.6) is 0 Å². The number of nitrogens with zero attached hydrogens (tertiary/aromatic N) is 4. The second-order valence-corrected chi connectivity index (χ2v) is 8.37. The molecule has 8 heteroatoms. The minimum Gasteiger partial charge on any atom is -0.377 e. The minimum atomic E-state index is -3.32. The molecule has 1 aliphatic heterocycles. The molecule has 0 aromatic carbocycles. The highest BCUT2D eigenvalue weighted by Gasteiger charge is 2.20. The van der Waals surface area contributed by atoms with Crippen LogP contribution in [-0.2, 0) is 21.1 Å². The van der Waals surface area contributed by atoms with E-state index >= 15 is 0 Å². The van der Waals surface area contributed by atoms with Crippen LogP contribution in [0.4, 0.5) is 0 Å². The van der Waals surface area contributed by atoms with Crippen molar-refractivity contribution >= 4 is 15.5 Å². The smallest absolute Gasteiger partial charge is 0.180 e. The number of hydrogen-bond donors (Lipinski definition) is 0. The summed E-state index contributed by atoms with van der Waals surface area (Å²) in [6.07, 6.45) is 9.77. The lowest BCUT2D eigenvalue weighted by Crippen LogP contribution is -2.32. The molecule has 0 amide bonds. The van der Waals surface area contributed by atoms with E-state index in [4.69, 9.17) is 4.74 Å². The van der Waals surface area contributed by atoms with Crippen LogP contribution in [0, 0.1) is 0 Å². The fourth-order valence-corrected chi connectivity index (χ4v) is 3.84. The van der Waals surface area contributed by atoms with Crippen molar-refractivity contribution in [3.05, 3.63) is 24.2 Å². The number of ether oxygens (including phenoxy) is 1. The first-order valence-electron chi connectivity index (χ1n) is 8.33. The fourth-order valence-electron chi connectivity index (χ4n) is 3.12. The fraction of sp³-hybridized carbons (Fsp3) is 0.625. The molecule has 2 aromatic rings. The summed E-state index contributed by atoms with van der Waals surface area (Å²) in [6.45, 7) is 5.69. The van der Waals surface area contributed by atoms with Crippen LogP contribution in [0.1, 0.15) is 31.7 Å². The predicted molar refractivity (Wildman–Crippen MR) is 90.6 cm³/mol. The van der Waals surface area contributed by atoms with Crippen molar-refractivity contribution in [1.82, 2.24) is 19.5 Å². The first-order valence-corrected chi connectivity index (χ1v) is 10.2. The van der Waals surface area contributed by atoms with E-state index in [2.05, 4.69) is 21.9 Å². The molecular weight excluding hydrogens is 328 g/mol. The zero-order valence-electron chi connectivity index (χ0n) is 14.2. The molecule has 0 N–H and O–H groups in total. The van der Waals surface area contributed by atoms with Gasteiger partial charge in [0.25, 0.3) is 0 Å². The third-order valence-corrected chi connectivity index (χ3v) is 5.30. The van der Waals surface area contributed by atoms with Crippen LogP contribution in [0.2, 0.25) is 0 Å². The second kappa shape index (κ2) is 7.16. The number of sulfone groups is 1. The van der Waals surface area contributed by atoms with Crippen molar-refractivity contribution in [3.8, 4) is 0 Å². The van der Waals surface area contributed by atoms with Crippen molar-refractivity contribution in [3.63, 3.8) is 0 Å². The Kier molecular flexibility index (Phi) is 5.17. The summed E-state index contributed by atoms with van der Waals surface area (Å²) in [6, 6.07) is 0. The number of fused-ring (bicyclic) bond motifs is 1. The zero-order chi connectivity index (χ0) is 17.2. The van der Waals surface area contributed by atoms with Gasteiger partial charge in [0.2, 0.25) is 0 Å². The lowest BCUT2D eigenvalue weighted by Gasteiger charge is -2.24. The lowest BCUT2D eigenvalue weighted by atomic mass is 10.2. The summed E-state index contributed by atoms with van der Waals surface area (Å²) in [5.74, 6) is 0. The van der Waals surface area contributed by atoms with E-state index in [1.165, 1.54) is 12.5 Å². The Labute approximate surface area is 142 Å². The Morgan fingerprint density at radius 1 is 1.42 bits per heavy atom. The summed E-state index contributed by atoms with van der Waals surface area (Å²) in [7, 11) is -3.32. The molecule has 132 valence electrons. The molecule has 1 aliphatic rings. The Morgan fingerprint density at radius 3 is 2.92 bits per heavy atom. The molecule has 0 saturated carbocycles. The molecule has 0 spiro atoms. The van der Waals surface area contributed by atoms with Crippen molar-refractivity contribution in [2.45, 2.75) is 43.7 Å². The second-order valence-electron chi connectivity index (χ2n) is 6.38. The molecule has 1 fully saturated rings. The zero-order valence-corrected chi connectivity index (χ0v) is 15.0. The maximum absolute atomic E-state index is 11.7. The average molecular weight is 352 g/mol. The van der Waals surface area contributed by atoms with Gasteiger partial charge in [0.15, 0.2) is 15.5 Å². The van der Waals surface area contributed by atoms with Gasteiger partial charge in [-0.25, -0.2) is 17.9 Å². The molecule has 24 heavy (non-hydrogen) atoms. The standard InChI is InChI=1S/C16H24N4O3S/c1-3-6-19(12-14-5-4-7-23-14)10-13-8-17-16-15(24(2,21)22)9-18-20(16)11-13/h8-9,11,14H,3-7,10,12H2,1-2H3/t14-/m1/s1. The summed E-state index contributed by atoms with van der Waals surface area (Å²) >= 11 is 0.